The van der Waals surface area contributed by atoms with Gasteiger partial charge in [-0.25, -0.2) is 0 Å². The summed E-state index contributed by atoms with van der Waals surface area (Å²) in [5.74, 6) is 0.977. The average molecular weight is 247 g/mol. The van der Waals surface area contributed by atoms with E-state index in [4.69, 9.17) is 15.0 Å². The van der Waals surface area contributed by atoms with Crippen molar-refractivity contribution in [2.45, 2.75) is 26.9 Å². The number of hydrogen-bond acceptors (Lipinski definition) is 5. The molecule has 0 amide bonds. The molecule has 5 heteroatoms. The molecule has 0 unspecified atom stereocenters. The molecule has 2 N–H and O–H groups in total. The summed E-state index contributed by atoms with van der Waals surface area (Å²) >= 11 is 0. The van der Waals surface area contributed by atoms with Crippen molar-refractivity contribution in [3.8, 4) is 11.5 Å². The smallest absolute Gasteiger partial charge is 0.260 e. The van der Waals surface area contributed by atoms with Crippen LogP contribution < -0.4 is 5.73 Å². The molecule has 0 saturated carbocycles. The third-order valence-electron chi connectivity index (χ3n) is 2.49. The van der Waals surface area contributed by atoms with Crippen molar-refractivity contribution in [1.82, 2.24) is 10.1 Å². The standard InChI is InChI=1S/C13H17N3O2/c1-3-6-17-8-12-15-13(18-16-12)10-7-9(2)4-5-11(10)14/h4-5,7H,3,6,8,14H2,1-2H3. The summed E-state index contributed by atoms with van der Waals surface area (Å²) in [7, 11) is 0. The number of hydrogen-bond donors (Lipinski definition) is 1. The molecular formula is C13H17N3O2. The maximum atomic E-state index is 5.89. The number of ether oxygens (including phenoxy) is 1. The van der Waals surface area contributed by atoms with Crippen molar-refractivity contribution < 1.29 is 9.26 Å². The van der Waals surface area contributed by atoms with Gasteiger partial charge in [-0.05, 0) is 25.5 Å². The van der Waals surface area contributed by atoms with Crippen molar-refractivity contribution in [1.29, 1.82) is 0 Å². The van der Waals surface area contributed by atoms with Crippen LogP contribution in [0.4, 0.5) is 5.69 Å². The highest BCUT2D eigenvalue weighted by atomic mass is 16.5. The van der Waals surface area contributed by atoms with E-state index in [1.807, 2.05) is 25.1 Å². The first-order chi connectivity index (χ1) is 8.70. The van der Waals surface area contributed by atoms with E-state index in [-0.39, 0.29) is 0 Å². The second kappa shape index (κ2) is 5.64. The van der Waals surface area contributed by atoms with Crippen LogP contribution in [0.3, 0.4) is 0 Å². The molecule has 5 nitrogen and oxygen atoms in total. The summed E-state index contributed by atoms with van der Waals surface area (Å²) in [4.78, 5) is 4.27. The van der Waals surface area contributed by atoms with Crippen LogP contribution in [0, 0.1) is 6.92 Å². The Morgan fingerprint density at radius 3 is 3.00 bits per heavy atom. The Hall–Kier alpha value is -1.88. The highest BCUT2D eigenvalue weighted by molar-refractivity contribution is 5.70. The molecular weight excluding hydrogens is 230 g/mol. The molecule has 1 aromatic carbocycles. The largest absolute Gasteiger partial charge is 0.398 e. The molecule has 2 aromatic rings. The number of rotatable bonds is 5. The summed E-state index contributed by atoms with van der Waals surface area (Å²) in [6, 6.07) is 5.71. The quantitative estimate of drug-likeness (QED) is 0.649. The maximum absolute atomic E-state index is 5.89. The zero-order chi connectivity index (χ0) is 13.0. The minimum absolute atomic E-state index is 0.364. The van der Waals surface area contributed by atoms with Gasteiger partial charge < -0.3 is 15.0 Å². The van der Waals surface area contributed by atoms with Gasteiger partial charge in [0.05, 0.1) is 5.56 Å². The van der Waals surface area contributed by atoms with Gasteiger partial charge in [-0.3, -0.25) is 0 Å². The van der Waals surface area contributed by atoms with Crippen LogP contribution in [-0.4, -0.2) is 16.7 Å². The summed E-state index contributed by atoms with van der Waals surface area (Å²) in [5.41, 5.74) is 8.39. The Kier molecular flexibility index (Phi) is 3.94. The predicted octanol–water partition coefficient (Wildman–Crippen LogP) is 2.55. The molecule has 0 atom stereocenters. The molecule has 0 radical (unpaired) electrons. The first-order valence-electron chi connectivity index (χ1n) is 5.97. The van der Waals surface area contributed by atoms with Crippen LogP contribution in [-0.2, 0) is 11.3 Å². The van der Waals surface area contributed by atoms with Gasteiger partial charge in [-0.2, -0.15) is 4.98 Å². The highest BCUT2D eigenvalue weighted by Gasteiger charge is 2.11. The van der Waals surface area contributed by atoms with Crippen LogP contribution >= 0.6 is 0 Å². The number of nitrogens with two attached hydrogens (primary N) is 1. The van der Waals surface area contributed by atoms with E-state index in [0.29, 0.717) is 30.6 Å². The van der Waals surface area contributed by atoms with Crippen LogP contribution in [0.15, 0.2) is 22.7 Å². The SMILES string of the molecule is CCCOCc1noc(-c2cc(C)ccc2N)n1. The summed E-state index contributed by atoms with van der Waals surface area (Å²) in [5, 5.41) is 3.87. The van der Waals surface area contributed by atoms with E-state index in [1.54, 1.807) is 0 Å². The lowest BCUT2D eigenvalue weighted by Gasteiger charge is -2.01. The molecule has 0 aliphatic carbocycles. The van der Waals surface area contributed by atoms with Crippen molar-refractivity contribution >= 4 is 5.69 Å². The third kappa shape index (κ3) is 2.87. The van der Waals surface area contributed by atoms with Crippen molar-refractivity contribution in [2.24, 2.45) is 0 Å². The van der Waals surface area contributed by atoms with E-state index in [1.165, 1.54) is 0 Å². The van der Waals surface area contributed by atoms with Crippen molar-refractivity contribution in [3.63, 3.8) is 0 Å². The molecule has 0 aliphatic heterocycles. The minimum Gasteiger partial charge on any atom is -0.398 e. The molecule has 0 spiro atoms. The van der Waals surface area contributed by atoms with Crippen molar-refractivity contribution in [2.75, 3.05) is 12.3 Å². The zero-order valence-corrected chi connectivity index (χ0v) is 10.6. The third-order valence-corrected chi connectivity index (χ3v) is 2.49. The molecule has 96 valence electrons. The molecule has 0 aliphatic rings. The highest BCUT2D eigenvalue weighted by Crippen LogP contribution is 2.25. The van der Waals surface area contributed by atoms with Gasteiger partial charge in [0.2, 0.25) is 0 Å². The van der Waals surface area contributed by atoms with Crippen molar-refractivity contribution in [3.05, 3.63) is 29.6 Å². The normalized spacial score (nSPS) is 10.8. The van der Waals surface area contributed by atoms with E-state index in [2.05, 4.69) is 17.1 Å². The summed E-state index contributed by atoms with van der Waals surface area (Å²) in [6.07, 6.45) is 0.968. The summed E-state index contributed by atoms with van der Waals surface area (Å²) in [6.45, 7) is 5.10. The number of aromatic nitrogens is 2. The molecule has 0 fully saturated rings. The lowest BCUT2D eigenvalue weighted by molar-refractivity contribution is 0.114. The van der Waals surface area contributed by atoms with Gasteiger partial charge in [0, 0.05) is 12.3 Å². The molecule has 0 saturated heterocycles. The first-order valence-corrected chi connectivity index (χ1v) is 5.97. The monoisotopic (exact) mass is 247 g/mol. The van der Waals surface area contributed by atoms with E-state index < -0.39 is 0 Å². The van der Waals surface area contributed by atoms with E-state index in [9.17, 15) is 0 Å². The van der Waals surface area contributed by atoms with Gasteiger partial charge in [0.1, 0.15) is 6.61 Å². The Bertz CT molecular complexity index is 523. The number of aryl methyl sites for hydroxylation is 1. The summed E-state index contributed by atoms with van der Waals surface area (Å²) < 4.78 is 10.6. The van der Waals surface area contributed by atoms with Gasteiger partial charge in [0.25, 0.3) is 5.89 Å². The Morgan fingerprint density at radius 1 is 1.39 bits per heavy atom. The number of nitrogen functional groups attached to an aromatic ring is 1. The van der Waals surface area contributed by atoms with Crippen LogP contribution in [0.5, 0.6) is 0 Å². The second-order valence-electron chi connectivity index (χ2n) is 4.16. The molecule has 2 rings (SSSR count). The lowest BCUT2D eigenvalue weighted by atomic mass is 10.1. The van der Waals surface area contributed by atoms with Crippen LogP contribution in [0.2, 0.25) is 0 Å². The average Bonchev–Trinajstić information content (AvgIpc) is 2.81. The van der Waals surface area contributed by atoms with E-state index >= 15 is 0 Å². The van der Waals surface area contributed by atoms with Gasteiger partial charge >= 0.3 is 0 Å². The maximum Gasteiger partial charge on any atom is 0.260 e. The second-order valence-corrected chi connectivity index (χ2v) is 4.16. The fourth-order valence-electron chi connectivity index (χ4n) is 1.59. The lowest BCUT2D eigenvalue weighted by Crippen LogP contribution is -1.96. The van der Waals surface area contributed by atoms with Crippen LogP contribution in [0.25, 0.3) is 11.5 Å². The molecule has 18 heavy (non-hydrogen) atoms. The zero-order valence-electron chi connectivity index (χ0n) is 10.6. The molecule has 1 heterocycles. The number of anilines is 1. The van der Waals surface area contributed by atoms with Gasteiger partial charge in [0.15, 0.2) is 5.82 Å². The number of benzene rings is 1. The molecule has 0 bridgehead atoms. The predicted molar refractivity (Wildman–Crippen MR) is 68.8 cm³/mol. The molecule has 1 aromatic heterocycles. The fourth-order valence-corrected chi connectivity index (χ4v) is 1.59. The fraction of sp³-hybridized carbons (Fsp3) is 0.385. The Balaban J connectivity index is 2.16. The Morgan fingerprint density at radius 2 is 2.22 bits per heavy atom. The van der Waals surface area contributed by atoms with Crippen LogP contribution in [0.1, 0.15) is 24.7 Å². The van der Waals surface area contributed by atoms with Gasteiger partial charge in [-0.1, -0.05) is 23.7 Å². The first kappa shape index (κ1) is 12.6. The number of nitrogens with zero attached hydrogens (tertiary/aromatic N) is 2. The minimum atomic E-state index is 0.364. The topological polar surface area (TPSA) is 74.2 Å². The van der Waals surface area contributed by atoms with Gasteiger partial charge in [-0.15, -0.1) is 0 Å². The van der Waals surface area contributed by atoms with E-state index in [0.717, 1.165) is 17.5 Å². The Labute approximate surface area is 106 Å².